The molecule has 0 unspecified atom stereocenters. The second kappa shape index (κ2) is 6.06. The molecule has 1 amide bonds. The lowest BCUT2D eigenvalue weighted by atomic mass is 10.3. The summed E-state index contributed by atoms with van der Waals surface area (Å²) in [6.07, 6.45) is 0. The minimum Gasteiger partial charge on any atom is -0.321 e. The van der Waals surface area contributed by atoms with Crippen LogP contribution in [0.3, 0.4) is 0 Å². The third kappa shape index (κ3) is 3.82. The summed E-state index contributed by atoms with van der Waals surface area (Å²) < 4.78 is 25.3. The fraction of sp³-hybridized carbons (Fsp3) is 0.154. The molecule has 1 aromatic heterocycles. The molecule has 1 heterocycles. The Balaban J connectivity index is 2.04. The van der Waals surface area contributed by atoms with Gasteiger partial charge in [0.1, 0.15) is 0 Å². The van der Waals surface area contributed by atoms with Crippen molar-refractivity contribution < 1.29 is 13.2 Å². The zero-order valence-electron chi connectivity index (χ0n) is 10.8. The van der Waals surface area contributed by atoms with Crippen molar-refractivity contribution >= 4 is 38.6 Å². The molecule has 0 fully saturated rings. The fourth-order valence-corrected chi connectivity index (χ4v) is 2.73. The van der Waals surface area contributed by atoms with E-state index in [2.05, 4.69) is 10.0 Å². The number of carbonyl (C=O) groups is 1. The minimum absolute atomic E-state index is 0.0177. The highest BCUT2D eigenvalue weighted by Crippen LogP contribution is 2.17. The Morgan fingerprint density at radius 2 is 1.80 bits per heavy atom. The van der Waals surface area contributed by atoms with Gasteiger partial charge < -0.3 is 5.32 Å². The van der Waals surface area contributed by atoms with Gasteiger partial charge in [-0.25, -0.2) is 8.42 Å². The first-order valence-electron chi connectivity index (χ1n) is 5.95. The lowest BCUT2D eigenvalue weighted by Crippen LogP contribution is -2.14. The highest BCUT2D eigenvalue weighted by atomic mass is 32.2. The molecule has 106 valence electrons. The Bertz CT molecular complexity index is 677. The van der Waals surface area contributed by atoms with E-state index >= 15 is 0 Å². The molecule has 0 radical (unpaired) electrons. The van der Waals surface area contributed by atoms with E-state index in [4.69, 9.17) is 0 Å². The van der Waals surface area contributed by atoms with Crippen LogP contribution in [0.1, 0.15) is 16.6 Å². The van der Waals surface area contributed by atoms with E-state index in [-0.39, 0.29) is 11.7 Å². The first-order chi connectivity index (χ1) is 9.50. The summed E-state index contributed by atoms with van der Waals surface area (Å²) in [5, 5.41) is 4.57. The molecule has 2 N–H and O–H groups in total. The van der Waals surface area contributed by atoms with Gasteiger partial charge in [0.15, 0.2) is 0 Å². The van der Waals surface area contributed by atoms with Crippen molar-refractivity contribution in [1.29, 1.82) is 0 Å². The van der Waals surface area contributed by atoms with Crippen LogP contribution in [0.2, 0.25) is 0 Å². The van der Waals surface area contributed by atoms with Gasteiger partial charge in [-0.2, -0.15) is 0 Å². The van der Waals surface area contributed by atoms with E-state index in [1.807, 2.05) is 11.4 Å². The van der Waals surface area contributed by atoms with Crippen LogP contribution in [0.4, 0.5) is 11.4 Å². The number of nitrogens with one attached hydrogen (secondary N) is 2. The molecule has 0 spiro atoms. The Morgan fingerprint density at radius 3 is 2.35 bits per heavy atom. The number of thiophene rings is 1. The van der Waals surface area contributed by atoms with Crippen LogP contribution in [-0.2, 0) is 10.0 Å². The molecule has 7 heteroatoms. The van der Waals surface area contributed by atoms with E-state index in [0.717, 1.165) is 0 Å². The molecule has 0 bridgehead atoms. The second-order valence-electron chi connectivity index (χ2n) is 4.01. The number of hydrogen-bond acceptors (Lipinski definition) is 4. The van der Waals surface area contributed by atoms with E-state index in [9.17, 15) is 13.2 Å². The summed E-state index contributed by atoms with van der Waals surface area (Å²) >= 11 is 1.36. The molecule has 0 aliphatic carbocycles. The molecular weight excluding hydrogens is 296 g/mol. The summed E-state index contributed by atoms with van der Waals surface area (Å²) in [6, 6.07) is 10.1. The minimum atomic E-state index is -3.28. The van der Waals surface area contributed by atoms with Crippen LogP contribution < -0.4 is 10.0 Å². The summed E-state index contributed by atoms with van der Waals surface area (Å²) in [7, 11) is -3.28. The molecule has 2 aromatic rings. The zero-order valence-corrected chi connectivity index (χ0v) is 12.4. The standard InChI is InChI=1S/C13H14N2O3S2/c1-2-20(17,18)15-11-7-5-10(6-8-11)14-13(16)12-4-3-9-19-12/h3-9,15H,2H2,1H3,(H,14,16). The first kappa shape index (κ1) is 14.5. The van der Waals surface area contributed by atoms with Gasteiger partial charge >= 0.3 is 0 Å². The number of sulfonamides is 1. The van der Waals surface area contributed by atoms with Gasteiger partial charge in [0, 0.05) is 11.4 Å². The van der Waals surface area contributed by atoms with Crippen molar-refractivity contribution in [2.45, 2.75) is 6.92 Å². The van der Waals surface area contributed by atoms with E-state index < -0.39 is 10.0 Å². The Labute approximate surface area is 121 Å². The van der Waals surface area contributed by atoms with E-state index in [1.165, 1.54) is 11.3 Å². The molecule has 0 saturated carbocycles. The van der Waals surface area contributed by atoms with Gasteiger partial charge in [0.2, 0.25) is 10.0 Å². The number of benzene rings is 1. The van der Waals surface area contributed by atoms with Crippen LogP contribution in [0.25, 0.3) is 0 Å². The molecular formula is C13H14N2O3S2. The number of amides is 1. The molecule has 0 aliphatic rings. The molecule has 0 saturated heterocycles. The normalized spacial score (nSPS) is 11.1. The van der Waals surface area contributed by atoms with Crippen LogP contribution in [0.5, 0.6) is 0 Å². The van der Waals surface area contributed by atoms with Crippen LogP contribution >= 0.6 is 11.3 Å². The lowest BCUT2D eigenvalue weighted by molar-refractivity contribution is 0.103. The third-order valence-corrected chi connectivity index (χ3v) is 4.72. The molecule has 20 heavy (non-hydrogen) atoms. The Hall–Kier alpha value is -1.86. The summed E-state index contributed by atoms with van der Waals surface area (Å²) in [4.78, 5) is 12.4. The first-order valence-corrected chi connectivity index (χ1v) is 8.49. The van der Waals surface area contributed by atoms with Crippen LogP contribution in [-0.4, -0.2) is 20.1 Å². The average molecular weight is 310 g/mol. The van der Waals surface area contributed by atoms with Gasteiger partial charge in [-0.15, -0.1) is 11.3 Å². The maximum Gasteiger partial charge on any atom is 0.265 e. The van der Waals surface area contributed by atoms with Crippen molar-refractivity contribution in [3.8, 4) is 0 Å². The highest BCUT2D eigenvalue weighted by Gasteiger charge is 2.08. The monoisotopic (exact) mass is 310 g/mol. The molecule has 2 rings (SSSR count). The summed E-state index contributed by atoms with van der Waals surface area (Å²) in [5.74, 6) is -0.161. The zero-order chi connectivity index (χ0) is 14.6. The average Bonchev–Trinajstić information content (AvgIpc) is 2.95. The fourth-order valence-electron chi connectivity index (χ4n) is 1.47. The van der Waals surface area contributed by atoms with Crippen molar-refractivity contribution in [3.05, 3.63) is 46.7 Å². The predicted molar refractivity (Wildman–Crippen MR) is 81.8 cm³/mol. The summed E-state index contributed by atoms with van der Waals surface area (Å²) in [5.41, 5.74) is 1.09. The van der Waals surface area contributed by atoms with E-state index in [1.54, 1.807) is 37.3 Å². The SMILES string of the molecule is CCS(=O)(=O)Nc1ccc(NC(=O)c2cccs2)cc1. The van der Waals surface area contributed by atoms with Crippen LogP contribution in [0, 0.1) is 0 Å². The molecule has 5 nitrogen and oxygen atoms in total. The Morgan fingerprint density at radius 1 is 1.15 bits per heavy atom. The number of hydrogen-bond donors (Lipinski definition) is 2. The van der Waals surface area contributed by atoms with Gasteiger partial charge in [0.05, 0.1) is 10.6 Å². The smallest absolute Gasteiger partial charge is 0.265 e. The van der Waals surface area contributed by atoms with E-state index in [0.29, 0.717) is 16.3 Å². The number of carbonyl (C=O) groups excluding carboxylic acids is 1. The summed E-state index contributed by atoms with van der Waals surface area (Å²) in [6.45, 7) is 1.57. The second-order valence-corrected chi connectivity index (χ2v) is 6.97. The maximum absolute atomic E-state index is 11.8. The van der Waals surface area contributed by atoms with Crippen molar-refractivity contribution in [1.82, 2.24) is 0 Å². The quantitative estimate of drug-likeness (QED) is 0.891. The van der Waals surface area contributed by atoms with Crippen LogP contribution in [0.15, 0.2) is 41.8 Å². The lowest BCUT2D eigenvalue weighted by Gasteiger charge is -2.07. The van der Waals surface area contributed by atoms with Gasteiger partial charge in [0.25, 0.3) is 5.91 Å². The molecule has 0 atom stereocenters. The van der Waals surface area contributed by atoms with Gasteiger partial charge in [-0.3, -0.25) is 9.52 Å². The maximum atomic E-state index is 11.8. The van der Waals surface area contributed by atoms with Crippen molar-refractivity contribution in [2.24, 2.45) is 0 Å². The number of rotatable bonds is 5. The Kier molecular flexibility index (Phi) is 4.41. The molecule has 0 aliphatic heterocycles. The number of anilines is 2. The largest absolute Gasteiger partial charge is 0.321 e. The van der Waals surface area contributed by atoms with Crippen molar-refractivity contribution in [2.75, 3.05) is 15.8 Å². The third-order valence-electron chi connectivity index (χ3n) is 2.54. The van der Waals surface area contributed by atoms with Gasteiger partial charge in [-0.1, -0.05) is 6.07 Å². The highest BCUT2D eigenvalue weighted by molar-refractivity contribution is 7.92. The van der Waals surface area contributed by atoms with Gasteiger partial charge in [-0.05, 0) is 42.6 Å². The van der Waals surface area contributed by atoms with Crippen molar-refractivity contribution in [3.63, 3.8) is 0 Å². The predicted octanol–water partition coefficient (Wildman–Crippen LogP) is 2.76. The topological polar surface area (TPSA) is 75.3 Å². The molecule has 1 aromatic carbocycles.